The van der Waals surface area contributed by atoms with Gasteiger partial charge in [-0.25, -0.2) is 8.42 Å². The molecule has 0 unspecified atom stereocenters. The van der Waals surface area contributed by atoms with Gasteiger partial charge in [-0.1, -0.05) is 18.2 Å². The summed E-state index contributed by atoms with van der Waals surface area (Å²) in [4.78, 5) is 15.0. The molecule has 3 rings (SSSR count). The number of anilines is 1. The number of carbonyl (C=O) groups excluding carboxylic acids is 1. The van der Waals surface area contributed by atoms with Crippen LogP contribution < -0.4 is 9.62 Å². The summed E-state index contributed by atoms with van der Waals surface area (Å²) in [7, 11) is -0.0984. The van der Waals surface area contributed by atoms with Gasteiger partial charge >= 0.3 is 0 Å². The Morgan fingerprint density at radius 3 is 2.53 bits per heavy atom. The third-order valence-electron chi connectivity index (χ3n) is 5.80. The Morgan fingerprint density at radius 2 is 1.83 bits per heavy atom. The molecule has 0 saturated carbocycles. The van der Waals surface area contributed by atoms with E-state index in [0.29, 0.717) is 23.7 Å². The lowest BCUT2D eigenvalue weighted by atomic mass is 9.94. The summed E-state index contributed by atoms with van der Waals surface area (Å²) in [6.45, 7) is 4.73. The van der Waals surface area contributed by atoms with Crippen LogP contribution in [0.3, 0.4) is 0 Å². The van der Waals surface area contributed by atoms with E-state index in [4.69, 9.17) is 0 Å². The fraction of sp³-hybridized carbons (Fsp3) is 0.435. The zero-order chi connectivity index (χ0) is 21.7. The Morgan fingerprint density at radius 1 is 1.13 bits per heavy atom. The maximum atomic E-state index is 13.1. The monoisotopic (exact) mass is 429 g/mol. The van der Waals surface area contributed by atoms with Crippen molar-refractivity contribution in [3.05, 3.63) is 59.7 Å². The fourth-order valence-electron chi connectivity index (χ4n) is 3.76. The number of nitrogens with zero attached hydrogens (tertiary/aromatic N) is 2. The molecule has 0 atom stereocenters. The molecule has 1 amide bonds. The largest absolute Gasteiger partial charge is 0.352 e. The van der Waals surface area contributed by atoms with E-state index < -0.39 is 10.0 Å². The minimum absolute atomic E-state index is 0.106. The first-order valence-corrected chi connectivity index (χ1v) is 11.8. The second kappa shape index (κ2) is 9.62. The SMILES string of the molecule is Cc1cccc(N(C)S(=O)(=O)c2cccc(C(=O)NCCC3CCN(C)CC3)c2)c1. The topological polar surface area (TPSA) is 69.7 Å². The Balaban J connectivity index is 1.65. The fourth-order valence-corrected chi connectivity index (χ4v) is 4.99. The molecule has 2 aromatic rings. The maximum Gasteiger partial charge on any atom is 0.264 e. The van der Waals surface area contributed by atoms with Gasteiger partial charge in [0.15, 0.2) is 0 Å². The molecular formula is C23H31N3O3S. The molecule has 1 aliphatic rings. The zero-order valence-electron chi connectivity index (χ0n) is 18.0. The van der Waals surface area contributed by atoms with Crippen LogP contribution >= 0.6 is 0 Å². The van der Waals surface area contributed by atoms with Crippen LogP contribution in [0.1, 0.15) is 35.2 Å². The zero-order valence-corrected chi connectivity index (χ0v) is 18.8. The Bertz CT molecular complexity index is 983. The first kappa shape index (κ1) is 22.3. The quantitative estimate of drug-likeness (QED) is 0.733. The van der Waals surface area contributed by atoms with E-state index in [1.165, 1.54) is 23.5 Å². The summed E-state index contributed by atoms with van der Waals surface area (Å²) in [6.07, 6.45) is 3.27. The summed E-state index contributed by atoms with van der Waals surface area (Å²) in [5.74, 6) is 0.398. The van der Waals surface area contributed by atoms with Gasteiger partial charge in [0.1, 0.15) is 0 Å². The van der Waals surface area contributed by atoms with Gasteiger partial charge in [-0.3, -0.25) is 9.10 Å². The van der Waals surface area contributed by atoms with Gasteiger partial charge in [-0.15, -0.1) is 0 Å². The van der Waals surface area contributed by atoms with Crippen LogP contribution in [0.4, 0.5) is 5.69 Å². The number of likely N-dealkylation sites (tertiary alicyclic amines) is 1. The molecule has 162 valence electrons. The first-order valence-electron chi connectivity index (χ1n) is 10.4. The first-order chi connectivity index (χ1) is 14.3. The van der Waals surface area contributed by atoms with Crippen molar-refractivity contribution in [1.29, 1.82) is 0 Å². The maximum absolute atomic E-state index is 13.1. The van der Waals surface area contributed by atoms with Crippen molar-refractivity contribution < 1.29 is 13.2 Å². The average Bonchev–Trinajstić information content (AvgIpc) is 2.74. The van der Waals surface area contributed by atoms with Gasteiger partial charge in [0.2, 0.25) is 0 Å². The normalized spacial score (nSPS) is 15.7. The lowest BCUT2D eigenvalue weighted by Gasteiger charge is -2.28. The van der Waals surface area contributed by atoms with Gasteiger partial charge < -0.3 is 10.2 Å². The number of benzene rings is 2. The van der Waals surface area contributed by atoms with E-state index >= 15 is 0 Å². The molecule has 6 nitrogen and oxygen atoms in total. The number of hydrogen-bond donors (Lipinski definition) is 1. The Hall–Kier alpha value is -2.38. The van der Waals surface area contributed by atoms with E-state index in [1.807, 2.05) is 25.1 Å². The highest BCUT2D eigenvalue weighted by molar-refractivity contribution is 7.92. The number of sulfonamides is 1. The van der Waals surface area contributed by atoms with Gasteiger partial charge in [0, 0.05) is 19.2 Å². The molecule has 30 heavy (non-hydrogen) atoms. The summed E-state index contributed by atoms with van der Waals surface area (Å²) in [5.41, 5.74) is 1.92. The van der Waals surface area contributed by atoms with Crippen molar-refractivity contribution in [2.75, 3.05) is 38.0 Å². The highest BCUT2D eigenvalue weighted by Crippen LogP contribution is 2.23. The standard InChI is InChI=1S/C23H31N3O3S/c1-18-6-4-8-21(16-18)26(3)30(28,29)22-9-5-7-20(17-22)23(27)24-13-10-19-11-14-25(2)15-12-19/h4-9,16-17,19H,10-15H2,1-3H3,(H,24,27). The molecule has 1 heterocycles. The van der Waals surface area contributed by atoms with Crippen LogP contribution in [0, 0.1) is 12.8 Å². The van der Waals surface area contributed by atoms with Crippen LogP contribution in [0.15, 0.2) is 53.4 Å². The van der Waals surface area contributed by atoms with Crippen LogP contribution in [-0.2, 0) is 10.0 Å². The van der Waals surface area contributed by atoms with E-state index in [1.54, 1.807) is 18.2 Å². The number of hydrogen-bond acceptors (Lipinski definition) is 4. The van der Waals surface area contributed by atoms with Crippen LogP contribution in [0.5, 0.6) is 0 Å². The summed E-state index contributed by atoms with van der Waals surface area (Å²) in [5, 5.41) is 2.94. The average molecular weight is 430 g/mol. The van der Waals surface area contributed by atoms with Gasteiger partial charge in [-0.2, -0.15) is 0 Å². The Labute approximate surface area is 179 Å². The van der Waals surface area contributed by atoms with Crippen molar-refractivity contribution in [1.82, 2.24) is 10.2 Å². The molecule has 0 bridgehead atoms. The van der Waals surface area contributed by atoms with Gasteiger partial charge in [-0.05, 0) is 88.1 Å². The van der Waals surface area contributed by atoms with Crippen LogP contribution in [0.2, 0.25) is 0 Å². The van der Waals surface area contributed by atoms with Crippen molar-refractivity contribution in [2.45, 2.75) is 31.1 Å². The molecule has 1 fully saturated rings. The molecule has 1 aliphatic heterocycles. The second-order valence-corrected chi connectivity index (χ2v) is 10.1. The lowest BCUT2D eigenvalue weighted by molar-refractivity contribution is 0.0948. The highest BCUT2D eigenvalue weighted by Gasteiger charge is 2.23. The molecule has 7 heteroatoms. The number of amides is 1. The smallest absolute Gasteiger partial charge is 0.264 e. The minimum Gasteiger partial charge on any atom is -0.352 e. The second-order valence-electron chi connectivity index (χ2n) is 8.13. The van der Waals surface area contributed by atoms with Crippen molar-refractivity contribution >= 4 is 21.6 Å². The van der Waals surface area contributed by atoms with E-state index in [-0.39, 0.29) is 10.8 Å². The summed E-state index contributed by atoms with van der Waals surface area (Å²) in [6, 6.07) is 13.6. The number of carbonyl (C=O) groups is 1. The van der Waals surface area contributed by atoms with E-state index in [9.17, 15) is 13.2 Å². The molecule has 1 saturated heterocycles. The number of rotatable bonds is 7. The van der Waals surface area contributed by atoms with Crippen molar-refractivity contribution in [3.8, 4) is 0 Å². The number of piperidine rings is 1. The molecular weight excluding hydrogens is 398 g/mol. The molecule has 0 aliphatic carbocycles. The molecule has 0 aromatic heterocycles. The molecule has 0 radical (unpaired) electrons. The van der Waals surface area contributed by atoms with Crippen molar-refractivity contribution in [3.63, 3.8) is 0 Å². The molecule has 2 aromatic carbocycles. The summed E-state index contributed by atoms with van der Waals surface area (Å²) < 4.78 is 27.4. The van der Waals surface area contributed by atoms with Gasteiger partial charge in [0.05, 0.1) is 10.6 Å². The van der Waals surface area contributed by atoms with Gasteiger partial charge in [0.25, 0.3) is 15.9 Å². The number of aryl methyl sites for hydroxylation is 1. The van der Waals surface area contributed by atoms with Crippen molar-refractivity contribution in [2.24, 2.45) is 5.92 Å². The lowest BCUT2D eigenvalue weighted by Crippen LogP contribution is -2.32. The third-order valence-corrected chi connectivity index (χ3v) is 7.58. The minimum atomic E-state index is -3.76. The predicted octanol–water partition coefficient (Wildman–Crippen LogP) is 3.28. The summed E-state index contributed by atoms with van der Waals surface area (Å²) >= 11 is 0. The predicted molar refractivity (Wildman–Crippen MR) is 120 cm³/mol. The van der Waals surface area contributed by atoms with E-state index in [0.717, 1.165) is 37.9 Å². The van der Waals surface area contributed by atoms with E-state index in [2.05, 4.69) is 17.3 Å². The van der Waals surface area contributed by atoms with Crippen LogP contribution in [0.25, 0.3) is 0 Å². The molecule has 0 spiro atoms. The highest BCUT2D eigenvalue weighted by atomic mass is 32.2. The Kier molecular flexibility index (Phi) is 7.15. The number of nitrogens with one attached hydrogen (secondary N) is 1. The van der Waals surface area contributed by atoms with Crippen LogP contribution in [-0.4, -0.2) is 53.0 Å². The third kappa shape index (κ3) is 5.40. The molecule has 1 N–H and O–H groups in total.